The maximum atomic E-state index is 12.5. The number of nitrogens with one attached hydrogen (secondary N) is 1. The van der Waals surface area contributed by atoms with Gasteiger partial charge in [0.1, 0.15) is 0 Å². The highest BCUT2D eigenvalue weighted by atomic mass is 16.1. The molecule has 0 spiro atoms. The first-order valence-electron chi connectivity index (χ1n) is 8.67. The molecule has 112 valence electrons. The molecule has 1 aromatic carbocycles. The molecule has 0 aliphatic heterocycles. The number of hydrogen-bond acceptors (Lipinski definition) is 1. The van der Waals surface area contributed by atoms with E-state index >= 15 is 0 Å². The molecule has 2 saturated carbocycles. The Hall–Kier alpha value is -1.31. The second-order valence-corrected chi connectivity index (χ2v) is 7.31. The molecule has 0 heterocycles. The van der Waals surface area contributed by atoms with Crippen LogP contribution in [0.15, 0.2) is 24.3 Å². The van der Waals surface area contributed by atoms with Crippen molar-refractivity contribution in [1.82, 2.24) is 5.32 Å². The molecule has 1 N–H and O–H groups in total. The van der Waals surface area contributed by atoms with Gasteiger partial charge in [0.25, 0.3) is 0 Å². The Morgan fingerprint density at radius 2 is 2.05 bits per heavy atom. The molecule has 2 nitrogen and oxygen atoms in total. The SMILES string of the molecule is O=C(NCC1CCCc2ccccc21)C1CC2CCC1C2. The van der Waals surface area contributed by atoms with Crippen LogP contribution in [0.3, 0.4) is 0 Å². The summed E-state index contributed by atoms with van der Waals surface area (Å²) < 4.78 is 0. The molecule has 3 aliphatic rings. The van der Waals surface area contributed by atoms with E-state index in [-0.39, 0.29) is 0 Å². The van der Waals surface area contributed by atoms with Gasteiger partial charge in [-0.1, -0.05) is 30.7 Å². The van der Waals surface area contributed by atoms with E-state index in [2.05, 4.69) is 29.6 Å². The molecule has 21 heavy (non-hydrogen) atoms. The van der Waals surface area contributed by atoms with Gasteiger partial charge in [-0.05, 0) is 61.5 Å². The summed E-state index contributed by atoms with van der Waals surface area (Å²) in [4.78, 5) is 12.5. The average molecular weight is 283 g/mol. The van der Waals surface area contributed by atoms with Crippen molar-refractivity contribution >= 4 is 5.91 Å². The number of hydrogen-bond donors (Lipinski definition) is 1. The Kier molecular flexibility index (Phi) is 3.48. The second-order valence-electron chi connectivity index (χ2n) is 7.31. The van der Waals surface area contributed by atoms with Crippen molar-refractivity contribution in [2.75, 3.05) is 6.54 Å². The van der Waals surface area contributed by atoms with Gasteiger partial charge in [0.15, 0.2) is 0 Å². The fraction of sp³-hybridized carbons (Fsp3) is 0.632. The van der Waals surface area contributed by atoms with Gasteiger partial charge in [-0.2, -0.15) is 0 Å². The van der Waals surface area contributed by atoms with Gasteiger partial charge >= 0.3 is 0 Å². The van der Waals surface area contributed by atoms with E-state index in [9.17, 15) is 4.79 Å². The van der Waals surface area contributed by atoms with Crippen LogP contribution in [-0.2, 0) is 11.2 Å². The highest BCUT2D eigenvalue weighted by Gasteiger charge is 2.43. The Morgan fingerprint density at radius 1 is 1.14 bits per heavy atom. The number of carbonyl (C=O) groups is 1. The lowest BCUT2D eigenvalue weighted by atomic mass is 9.82. The zero-order valence-electron chi connectivity index (χ0n) is 12.7. The van der Waals surface area contributed by atoms with Gasteiger partial charge in [-0.3, -0.25) is 4.79 Å². The summed E-state index contributed by atoms with van der Waals surface area (Å²) in [6.07, 6.45) is 8.79. The van der Waals surface area contributed by atoms with Gasteiger partial charge in [-0.15, -0.1) is 0 Å². The molecular formula is C19H25NO. The van der Waals surface area contributed by atoms with Crippen LogP contribution in [0.4, 0.5) is 0 Å². The van der Waals surface area contributed by atoms with Gasteiger partial charge in [-0.25, -0.2) is 0 Å². The average Bonchev–Trinajstić information content (AvgIpc) is 3.15. The van der Waals surface area contributed by atoms with E-state index in [4.69, 9.17) is 0 Å². The third-order valence-corrected chi connectivity index (χ3v) is 6.09. The topological polar surface area (TPSA) is 29.1 Å². The maximum absolute atomic E-state index is 12.5. The summed E-state index contributed by atoms with van der Waals surface area (Å²) in [5.74, 6) is 2.72. The Morgan fingerprint density at radius 3 is 2.86 bits per heavy atom. The summed E-state index contributed by atoms with van der Waals surface area (Å²) >= 11 is 0. The molecule has 4 unspecified atom stereocenters. The van der Waals surface area contributed by atoms with Crippen LogP contribution in [-0.4, -0.2) is 12.5 Å². The van der Waals surface area contributed by atoms with Crippen LogP contribution in [0, 0.1) is 17.8 Å². The summed E-state index contributed by atoms with van der Waals surface area (Å²) in [5, 5.41) is 3.28. The van der Waals surface area contributed by atoms with Crippen LogP contribution in [0.1, 0.15) is 55.6 Å². The number of aryl methyl sites for hydroxylation is 1. The number of fused-ring (bicyclic) bond motifs is 3. The van der Waals surface area contributed by atoms with Crippen LogP contribution >= 0.6 is 0 Å². The van der Waals surface area contributed by atoms with E-state index in [1.54, 1.807) is 0 Å². The molecule has 4 rings (SSSR count). The van der Waals surface area contributed by atoms with Crippen LogP contribution < -0.4 is 5.32 Å². The lowest BCUT2D eigenvalue weighted by Crippen LogP contribution is -2.36. The fourth-order valence-electron chi connectivity index (χ4n) is 4.99. The number of benzene rings is 1. The van der Waals surface area contributed by atoms with Crippen LogP contribution in [0.25, 0.3) is 0 Å². The standard InChI is InChI=1S/C19H25NO/c21-19(18-11-13-8-9-15(18)10-13)20-12-16-6-3-5-14-4-1-2-7-17(14)16/h1-2,4,7,13,15-16,18H,3,5-6,8-12H2,(H,20,21). The maximum Gasteiger partial charge on any atom is 0.223 e. The fourth-order valence-corrected chi connectivity index (χ4v) is 4.99. The Bertz CT molecular complexity index is 538. The van der Waals surface area contributed by atoms with Crippen molar-refractivity contribution in [3.63, 3.8) is 0 Å². The van der Waals surface area contributed by atoms with Gasteiger partial charge in [0.2, 0.25) is 5.91 Å². The predicted octanol–water partition coefficient (Wildman–Crippen LogP) is 3.66. The molecule has 2 fully saturated rings. The third-order valence-electron chi connectivity index (χ3n) is 6.09. The van der Waals surface area contributed by atoms with Gasteiger partial charge < -0.3 is 5.32 Å². The largest absolute Gasteiger partial charge is 0.355 e. The van der Waals surface area contributed by atoms with Crippen LogP contribution in [0.5, 0.6) is 0 Å². The molecule has 4 atom stereocenters. The minimum absolute atomic E-state index is 0.322. The molecular weight excluding hydrogens is 258 g/mol. The third kappa shape index (κ3) is 2.49. The first-order chi connectivity index (χ1) is 10.3. The van der Waals surface area contributed by atoms with E-state index in [0.717, 1.165) is 18.9 Å². The number of carbonyl (C=O) groups excluding carboxylic acids is 1. The van der Waals surface area contributed by atoms with Gasteiger partial charge in [0.05, 0.1) is 0 Å². The quantitative estimate of drug-likeness (QED) is 0.901. The molecule has 3 aliphatic carbocycles. The summed E-state index contributed by atoms with van der Waals surface area (Å²) in [5.41, 5.74) is 2.96. The van der Waals surface area contributed by atoms with Crippen molar-refractivity contribution < 1.29 is 4.79 Å². The molecule has 2 heteroatoms. The van der Waals surface area contributed by atoms with Crippen molar-refractivity contribution in [2.45, 2.75) is 50.9 Å². The molecule has 0 radical (unpaired) electrons. The molecule has 1 amide bonds. The summed E-state index contributed by atoms with van der Waals surface area (Å²) in [6, 6.07) is 8.77. The van der Waals surface area contributed by atoms with Gasteiger partial charge in [0, 0.05) is 18.4 Å². The molecule has 0 aromatic heterocycles. The predicted molar refractivity (Wildman–Crippen MR) is 84.1 cm³/mol. The lowest BCUT2D eigenvalue weighted by Gasteiger charge is -2.27. The normalized spacial score (nSPS) is 33.7. The smallest absolute Gasteiger partial charge is 0.223 e. The lowest BCUT2D eigenvalue weighted by molar-refractivity contribution is -0.126. The molecule has 2 bridgehead atoms. The monoisotopic (exact) mass is 283 g/mol. The first kappa shape index (κ1) is 13.4. The summed E-state index contributed by atoms with van der Waals surface area (Å²) in [7, 11) is 0. The van der Waals surface area contributed by atoms with Crippen molar-refractivity contribution in [3.05, 3.63) is 35.4 Å². The number of amides is 1. The minimum Gasteiger partial charge on any atom is -0.355 e. The van der Waals surface area contributed by atoms with E-state index in [0.29, 0.717) is 23.7 Å². The van der Waals surface area contributed by atoms with Crippen molar-refractivity contribution in [1.29, 1.82) is 0 Å². The second kappa shape index (κ2) is 5.47. The summed E-state index contributed by atoms with van der Waals surface area (Å²) in [6.45, 7) is 0.837. The van der Waals surface area contributed by atoms with Crippen molar-refractivity contribution in [3.8, 4) is 0 Å². The highest BCUT2D eigenvalue weighted by molar-refractivity contribution is 5.79. The zero-order chi connectivity index (χ0) is 14.2. The Labute approximate surface area is 127 Å². The minimum atomic E-state index is 0.322. The molecule has 1 aromatic rings. The Balaban J connectivity index is 1.38. The van der Waals surface area contributed by atoms with E-state index in [1.807, 2.05) is 0 Å². The highest BCUT2D eigenvalue weighted by Crippen LogP contribution is 2.48. The first-order valence-corrected chi connectivity index (χ1v) is 8.67. The molecule has 0 saturated heterocycles. The van der Waals surface area contributed by atoms with E-state index < -0.39 is 0 Å². The zero-order valence-corrected chi connectivity index (χ0v) is 12.7. The van der Waals surface area contributed by atoms with Crippen molar-refractivity contribution in [2.24, 2.45) is 17.8 Å². The number of rotatable bonds is 3. The van der Waals surface area contributed by atoms with E-state index in [1.165, 1.54) is 49.7 Å². The van der Waals surface area contributed by atoms with Crippen LogP contribution in [0.2, 0.25) is 0 Å².